The third-order valence-electron chi connectivity index (χ3n) is 10.4. The molecule has 282 valence electrons. The highest BCUT2D eigenvalue weighted by molar-refractivity contribution is 6.42. The maximum Gasteiger partial charge on any atom is 0.302 e. The van der Waals surface area contributed by atoms with E-state index in [2.05, 4.69) is 15.5 Å². The number of amides is 4. The number of fused-ring (bicyclic) bond motifs is 1. The molecule has 5 rings (SSSR count). The smallest absolute Gasteiger partial charge is 0.302 e. The molecule has 3 aliphatic rings. The average Bonchev–Trinajstić information content (AvgIpc) is 3.11. The van der Waals surface area contributed by atoms with Gasteiger partial charge in [0.1, 0.15) is 18.2 Å². The summed E-state index contributed by atoms with van der Waals surface area (Å²) in [4.78, 5) is 72.0. The average molecular weight is 761 g/mol. The first-order valence-electron chi connectivity index (χ1n) is 18.0. The lowest BCUT2D eigenvalue weighted by atomic mass is 9.90. The van der Waals surface area contributed by atoms with Crippen molar-refractivity contribution >= 4 is 58.5 Å². The van der Waals surface area contributed by atoms with Crippen LogP contribution in [0.4, 0.5) is 10.1 Å². The van der Waals surface area contributed by atoms with Crippen LogP contribution in [0.1, 0.15) is 83.3 Å². The number of nitrogens with zero attached hydrogens (tertiary/aromatic N) is 3. The van der Waals surface area contributed by atoms with Crippen molar-refractivity contribution in [2.75, 3.05) is 31.5 Å². The molecule has 2 aromatic rings. The summed E-state index contributed by atoms with van der Waals surface area (Å²) in [6.45, 7) is 7.96. The maximum absolute atomic E-state index is 15.0. The molecule has 2 N–H and O–H groups in total. The number of carbonyl (C=O) groups excluding carboxylic acids is 5. The van der Waals surface area contributed by atoms with Crippen molar-refractivity contribution < 1.29 is 33.1 Å². The normalized spacial score (nSPS) is 19.7. The Kier molecular flexibility index (Phi) is 13.2. The van der Waals surface area contributed by atoms with Crippen LogP contribution in [0.15, 0.2) is 36.4 Å². The predicted molar refractivity (Wildman–Crippen MR) is 196 cm³/mol. The van der Waals surface area contributed by atoms with E-state index >= 15 is 0 Å². The third kappa shape index (κ3) is 9.81. The van der Waals surface area contributed by atoms with Gasteiger partial charge in [-0.25, -0.2) is 4.39 Å². The Bertz CT molecular complexity index is 1670. The van der Waals surface area contributed by atoms with Crippen molar-refractivity contribution in [1.82, 2.24) is 20.0 Å². The molecule has 3 heterocycles. The quantitative estimate of drug-likeness (QED) is 0.229. The second kappa shape index (κ2) is 17.4. The fourth-order valence-corrected chi connectivity index (χ4v) is 7.73. The summed E-state index contributed by atoms with van der Waals surface area (Å²) in [6, 6.07) is 8.19. The summed E-state index contributed by atoms with van der Waals surface area (Å²) in [6.07, 6.45) is 4.34. The Morgan fingerprint density at radius 3 is 2.35 bits per heavy atom. The fraction of sp³-hybridized carbons (Fsp3) is 0.553. The van der Waals surface area contributed by atoms with Gasteiger partial charge in [0, 0.05) is 64.4 Å². The Morgan fingerprint density at radius 1 is 0.962 bits per heavy atom. The van der Waals surface area contributed by atoms with E-state index in [0.29, 0.717) is 39.0 Å². The lowest BCUT2D eigenvalue weighted by Crippen LogP contribution is -2.56. The Labute approximate surface area is 314 Å². The Morgan fingerprint density at radius 2 is 1.65 bits per heavy atom. The van der Waals surface area contributed by atoms with Crippen LogP contribution in [-0.4, -0.2) is 94.2 Å². The summed E-state index contributed by atoms with van der Waals surface area (Å²) < 4.78 is 20.3. The molecule has 2 aromatic carbocycles. The fourth-order valence-electron chi connectivity index (χ4n) is 7.42. The third-order valence-corrected chi connectivity index (χ3v) is 11.2. The number of anilines is 1. The number of piperidine rings is 2. The highest BCUT2D eigenvalue weighted by atomic mass is 35.5. The van der Waals surface area contributed by atoms with Crippen LogP contribution >= 0.6 is 23.2 Å². The highest BCUT2D eigenvalue weighted by Crippen LogP contribution is 2.31. The van der Waals surface area contributed by atoms with E-state index in [9.17, 15) is 28.4 Å². The van der Waals surface area contributed by atoms with Crippen molar-refractivity contribution in [3.63, 3.8) is 0 Å². The summed E-state index contributed by atoms with van der Waals surface area (Å²) in [5, 5.41) is 5.07. The van der Waals surface area contributed by atoms with Gasteiger partial charge >= 0.3 is 5.97 Å². The number of rotatable bonds is 11. The van der Waals surface area contributed by atoms with E-state index in [0.717, 1.165) is 30.4 Å². The molecule has 2 saturated heterocycles. The molecule has 0 aliphatic carbocycles. The number of hydrogen-bond acceptors (Lipinski definition) is 7. The van der Waals surface area contributed by atoms with Crippen molar-refractivity contribution in [1.29, 1.82) is 0 Å². The van der Waals surface area contributed by atoms with E-state index in [1.165, 1.54) is 24.0 Å². The topological polar surface area (TPSA) is 128 Å². The maximum atomic E-state index is 15.0. The molecule has 0 unspecified atom stereocenters. The van der Waals surface area contributed by atoms with Crippen LogP contribution in [0.25, 0.3) is 0 Å². The number of likely N-dealkylation sites (tertiary alicyclic amines) is 2. The summed E-state index contributed by atoms with van der Waals surface area (Å²) in [5.41, 5.74) is 1.35. The SMILES string of the molecule is CC(=O)OC1CCN(CC[C@H](NC(=O)[C@@H]2Cc3ccccc3CN2C(=O)CCC(=O)N2CCCCC2(C)C)C(=O)Nc2ccc(Cl)c(Cl)c2F)CC1. The number of nitrogens with one attached hydrogen (secondary N) is 2. The van der Waals surface area contributed by atoms with Gasteiger partial charge in [-0.05, 0) is 75.6 Å². The zero-order valence-corrected chi connectivity index (χ0v) is 31.5. The molecular weight excluding hydrogens is 712 g/mol. The number of benzene rings is 2. The van der Waals surface area contributed by atoms with Gasteiger partial charge in [0.05, 0.1) is 15.7 Å². The number of esters is 1. The van der Waals surface area contributed by atoms with E-state index in [1.807, 2.05) is 43.0 Å². The number of ether oxygens (including phenoxy) is 1. The molecule has 14 heteroatoms. The molecule has 2 atom stereocenters. The summed E-state index contributed by atoms with van der Waals surface area (Å²) in [5.74, 6) is -2.84. The van der Waals surface area contributed by atoms with E-state index in [1.54, 1.807) is 0 Å². The van der Waals surface area contributed by atoms with Gasteiger partial charge in [0.15, 0.2) is 5.82 Å². The zero-order valence-electron chi connectivity index (χ0n) is 30.0. The van der Waals surface area contributed by atoms with Crippen LogP contribution in [0, 0.1) is 5.82 Å². The minimum atomic E-state index is -1.11. The van der Waals surface area contributed by atoms with Gasteiger partial charge in [-0.2, -0.15) is 0 Å². The molecule has 2 fully saturated rings. The van der Waals surface area contributed by atoms with E-state index in [-0.39, 0.29) is 77.4 Å². The van der Waals surface area contributed by atoms with Gasteiger partial charge < -0.3 is 30.1 Å². The predicted octanol–water partition coefficient (Wildman–Crippen LogP) is 5.50. The Balaban J connectivity index is 1.32. The number of carbonyl (C=O) groups is 5. The lowest BCUT2D eigenvalue weighted by Gasteiger charge is -2.42. The second-order valence-corrected chi connectivity index (χ2v) is 15.3. The minimum absolute atomic E-state index is 0.0112. The molecule has 52 heavy (non-hydrogen) atoms. The van der Waals surface area contributed by atoms with Crippen LogP contribution in [0.3, 0.4) is 0 Å². The first kappa shape index (κ1) is 39.5. The molecule has 0 aromatic heterocycles. The second-order valence-electron chi connectivity index (χ2n) is 14.5. The standard InChI is InChI=1S/C38H48Cl2FN5O6/c1-24(47)52-27-14-19-44(20-15-27)21-16-30(36(50)42-29-11-10-28(39)34(40)35(29)41)43-37(51)31-22-25-8-4-5-9-26(25)23-45(31)32(48)12-13-33(49)46-18-7-6-17-38(46,2)3/h4-5,8-11,27,30-31H,6-7,12-23H2,1-3H3,(H,42,50)(H,43,51)/t30-,31-/m0/s1. The first-order chi connectivity index (χ1) is 24.7. The monoisotopic (exact) mass is 759 g/mol. The molecule has 11 nitrogen and oxygen atoms in total. The summed E-state index contributed by atoms with van der Waals surface area (Å²) >= 11 is 12.0. The lowest BCUT2D eigenvalue weighted by molar-refractivity contribution is -0.148. The number of hydrogen-bond donors (Lipinski definition) is 2. The molecular formula is C38H48Cl2FN5O6. The molecule has 3 aliphatic heterocycles. The molecule has 4 amide bonds. The van der Waals surface area contributed by atoms with Crippen LogP contribution in [0.5, 0.6) is 0 Å². The van der Waals surface area contributed by atoms with Crippen molar-refractivity contribution in [2.24, 2.45) is 0 Å². The highest BCUT2D eigenvalue weighted by Gasteiger charge is 2.38. The molecule has 0 bridgehead atoms. The van der Waals surface area contributed by atoms with Gasteiger partial charge in [-0.1, -0.05) is 47.5 Å². The zero-order chi connectivity index (χ0) is 37.6. The van der Waals surface area contributed by atoms with Crippen molar-refractivity contribution in [2.45, 2.75) is 109 Å². The molecule has 0 saturated carbocycles. The number of halogens is 3. The van der Waals surface area contributed by atoms with Crippen LogP contribution in [-0.2, 0) is 41.7 Å². The van der Waals surface area contributed by atoms with Crippen LogP contribution < -0.4 is 10.6 Å². The van der Waals surface area contributed by atoms with E-state index in [4.69, 9.17) is 27.9 Å². The van der Waals surface area contributed by atoms with Crippen molar-refractivity contribution in [3.8, 4) is 0 Å². The van der Waals surface area contributed by atoms with Crippen molar-refractivity contribution in [3.05, 3.63) is 63.4 Å². The van der Waals surface area contributed by atoms with Gasteiger partial charge in [-0.15, -0.1) is 0 Å². The summed E-state index contributed by atoms with van der Waals surface area (Å²) in [7, 11) is 0. The Hall–Kier alpha value is -3.74. The largest absolute Gasteiger partial charge is 0.462 e. The first-order valence-corrected chi connectivity index (χ1v) is 18.8. The van der Waals surface area contributed by atoms with E-state index < -0.39 is 29.7 Å². The van der Waals surface area contributed by atoms with Gasteiger partial charge in [-0.3, -0.25) is 24.0 Å². The minimum Gasteiger partial charge on any atom is -0.462 e. The molecule has 0 radical (unpaired) electrons. The van der Waals surface area contributed by atoms with Crippen LogP contribution in [0.2, 0.25) is 10.0 Å². The van der Waals surface area contributed by atoms with Gasteiger partial charge in [0.2, 0.25) is 23.6 Å². The molecule has 0 spiro atoms. The van der Waals surface area contributed by atoms with Gasteiger partial charge in [0.25, 0.3) is 0 Å².